The lowest BCUT2D eigenvalue weighted by atomic mass is 9.95. The van der Waals surface area contributed by atoms with E-state index in [9.17, 15) is 13.2 Å². The standard InChI is InChI=1S/C22H26F3N3/c23-22(24,25)16-5-3-4-15(12-16)18-6-1-2-7-19(18)20-13-21(20)27-9-11-28-10-8-17(26)14-28/h1-7,12,17,20-21,27H,8-11,13-14,26H2/t17-,20+,21-/m1/s1. The van der Waals surface area contributed by atoms with Crippen molar-refractivity contribution < 1.29 is 13.2 Å². The van der Waals surface area contributed by atoms with E-state index in [0.29, 0.717) is 23.6 Å². The maximum absolute atomic E-state index is 13.1. The summed E-state index contributed by atoms with van der Waals surface area (Å²) in [6.45, 7) is 3.94. The van der Waals surface area contributed by atoms with Crippen molar-refractivity contribution in [3.05, 3.63) is 59.7 Å². The smallest absolute Gasteiger partial charge is 0.326 e. The first-order chi connectivity index (χ1) is 13.4. The average molecular weight is 389 g/mol. The first-order valence-corrected chi connectivity index (χ1v) is 9.89. The molecule has 1 heterocycles. The lowest BCUT2D eigenvalue weighted by molar-refractivity contribution is -0.137. The van der Waals surface area contributed by atoms with E-state index >= 15 is 0 Å². The molecule has 0 aromatic heterocycles. The fourth-order valence-electron chi connectivity index (χ4n) is 4.18. The number of hydrogen-bond acceptors (Lipinski definition) is 3. The molecular formula is C22H26F3N3. The zero-order valence-corrected chi connectivity index (χ0v) is 15.8. The molecule has 0 bridgehead atoms. The van der Waals surface area contributed by atoms with Crippen molar-refractivity contribution in [2.24, 2.45) is 5.73 Å². The van der Waals surface area contributed by atoms with E-state index in [1.165, 1.54) is 12.1 Å². The zero-order chi connectivity index (χ0) is 19.7. The van der Waals surface area contributed by atoms with Crippen molar-refractivity contribution >= 4 is 0 Å². The molecule has 1 saturated carbocycles. The molecule has 2 aromatic rings. The minimum atomic E-state index is -4.33. The Labute approximate surface area is 163 Å². The maximum Gasteiger partial charge on any atom is 0.416 e. The van der Waals surface area contributed by atoms with Crippen molar-refractivity contribution in [1.29, 1.82) is 0 Å². The van der Waals surface area contributed by atoms with Crippen LogP contribution in [0.1, 0.15) is 29.9 Å². The van der Waals surface area contributed by atoms with Gasteiger partial charge in [0.05, 0.1) is 5.56 Å². The molecule has 1 saturated heterocycles. The molecule has 3 nitrogen and oxygen atoms in total. The molecule has 0 spiro atoms. The van der Waals surface area contributed by atoms with Gasteiger partial charge in [0.2, 0.25) is 0 Å². The minimum Gasteiger partial charge on any atom is -0.326 e. The van der Waals surface area contributed by atoms with Crippen molar-refractivity contribution in [2.45, 2.75) is 37.0 Å². The Bertz CT molecular complexity index is 821. The molecule has 150 valence electrons. The molecule has 0 radical (unpaired) electrons. The Kier molecular flexibility index (Phi) is 5.45. The highest BCUT2D eigenvalue weighted by Crippen LogP contribution is 2.45. The van der Waals surface area contributed by atoms with Crippen molar-refractivity contribution in [1.82, 2.24) is 10.2 Å². The highest BCUT2D eigenvalue weighted by atomic mass is 19.4. The number of benzene rings is 2. The van der Waals surface area contributed by atoms with E-state index < -0.39 is 11.7 Å². The van der Waals surface area contributed by atoms with Crippen LogP contribution in [0.3, 0.4) is 0 Å². The van der Waals surface area contributed by atoms with E-state index in [2.05, 4.69) is 10.2 Å². The van der Waals surface area contributed by atoms with Gasteiger partial charge in [-0.3, -0.25) is 0 Å². The first kappa shape index (κ1) is 19.4. The molecule has 2 fully saturated rings. The Morgan fingerprint density at radius 3 is 2.68 bits per heavy atom. The molecule has 4 rings (SSSR count). The van der Waals surface area contributed by atoms with Gasteiger partial charge in [-0.05, 0) is 48.2 Å². The van der Waals surface area contributed by atoms with Crippen molar-refractivity contribution in [2.75, 3.05) is 26.2 Å². The van der Waals surface area contributed by atoms with Crippen LogP contribution >= 0.6 is 0 Å². The third-order valence-corrected chi connectivity index (χ3v) is 5.79. The van der Waals surface area contributed by atoms with Crippen molar-refractivity contribution in [3.8, 4) is 11.1 Å². The van der Waals surface area contributed by atoms with Crippen LogP contribution in [0, 0.1) is 0 Å². The van der Waals surface area contributed by atoms with E-state index in [1.807, 2.05) is 24.3 Å². The number of nitrogens with zero attached hydrogens (tertiary/aromatic N) is 1. The summed E-state index contributed by atoms with van der Waals surface area (Å²) >= 11 is 0. The molecule has 0 amide bonds. The monoisotopic (exact) mass is 389 g/mol. The minimum absolute atomic E-state index is 0.299. The SMILES string of the molecule is N[C@@H]1CCN(CCN[C@@H]2C[C@H]2c2ccccc2-c2cccc(C(F)(F)F)c2)C1. The maximum atomic E-state index is 13.1. The van der Waals surface area contributed by atoms with Gasteiger partial charge in [-0.2, -0.15) is 13.2 Å². The van der Waals surface area contributed by atoms with Gasteiger partial charge in [0.25, 0.3) is 0 Å². The van der Waals surface area contributed by atoms with Crippen LogP contribution in [0.25, 0.3) is 11.1 Å². The summed E-state index contributed by atoms with van der Waals surface area (Å²) in [6, 6.07) is 14.1. The molecule has 6 heteroatoms. The van der Waals surface area contributed by atoms with Gasteiger partial charge >= 0.3 is 6.18 Å². The molecule has 2 aromatic carbocycles. The van der Waals surface area contributed by atoms with Crippen LogP contribution in [-0.4, -0.2) is 43.2 Å². The highest BCUT2D eigenvalue weighted by molar-refractivity contribution is 5.69. The van der Waals surface area contributed by atoms with Crippen molar-refractivity contribution in [3.63, 3.8) is 0 Å². The molecule has 1 aliphatic heterocycles. The quantitative estimate of drug-likeness (QED) is 0.789. The van der Waals surface area contributed by atoms with E-state index in [0.717, 1.165) is 56.2 Å². The van der Waals surface area contributed by atoms with Gasteiger partial charge in [-0.15, -0.1) is 0 Å². The predicted molar refractivity (Wildman–Crippen MR) is 105 cm³/mol. The highest BCUT2D eigenvalue weighted by Gasteiger charge is 2.39. The molecule has 3 atom stereocenters. The lowest BCUT2D eigenvalue weighted by Gasteiger charge is -2.16. The number of halogens is 3. The van der Waals surface area contributed by atoms with Crippen LogP contribution in [0.15, 0.2) is 48.5 Å². The summed E-state index contributed by atoms with van der Waals surface area (Å²) in [5.74, 6) is 0.353. The first-order valence-electron chi connectivity index (χ1n) is 9.89. The summed E-state index contributed by atoms with van der Waals surface area (Å²) in [4.78, 5) is 2.38. The third kappa shape index (κ3) is 4.40. The van der Waals surface area contributed by atoms with Gasteiger partial charge in [-0.25, -0.2) is 0 Å². The van der Waals surface area contributed by atoms with Crippen LogP contribution in [0.2, 0.25) is 0 Å². The van der Waals surface area contributed by atoms with Crippen LogP contribution in [-0.2, 0) is 6.18 Å². The topological polar surface area (TPSA) is 41.3 Å². The molecule has 3 N–H and O–H groups in total. The Hall–Kier alpha value is -1.89. The zero-order valence-electron chi connectivity index (χ0n) is 15.8. The normalized spacial score (nSPS) is 25.2. The van der Waals surface area contributed by atoms with Gasteiger partial charge in [-0.1, -0.05) is 36.4 Å². The summed E-state index contributed by atoms with van der Waals surface area (Å²) in [5.41, 5.74) is 7.99. The molecule has 28 heavy (non-hydrogen) atoms. The third-order valence-electron chi connectivity index (χ3n) is 5.79. The predicted octanol–water partition coefficient (Wildman–Crippen LogP) is 3.85. The summed E-state index contributed by atoms with van der Waals surface area (Å²) in [6.07, 6.45) is -2.24. The summed E-state index contributed by atoms with van der Waals surface area (Å²) in [5, 5.41) is 3.60. The van der Waals surface area contributed by atoms with Crippen LogP contribution in [0.4, 0.5) is 13.2 Å². The molecular weight excluding hydrogens is 363 g/mol. The van der Waals surface area contributed by atoms with Gasteiger partial charge < -0.3 is 16.0 Å². The Morgan fingerprint density at radius 1 is 1.11 bits per heavy atom. The number of likely N-dealkylation sites (tertiary alicyclic amines) is 1. The Morgan fingerprint density at radius 2 is 1.93 bits per heavy atom. The van der Waals surface area contributed by atoms with E-state index in [1.54, 1.807) is 6.07 Å². The average Bonchev–Trinajstić information content (AvgIpc) is 3.33. The number of nitrogens with one attached hydrogen (secondary N) is 1. The summed E-state index contributed by atoms with van der Waals surface area (Å²) in [7, 11) is 0. The van der Waals surface area contributed by atoms with E-state index in [-0.39, 0.29) is 0 Å². The number of rotatable bonds is 6. The Balaban J connectivity index is 1.42. The molecule has 0 unspecified atom stereocenters. The van der Waals surface area contributed by atoms with Gasteiger partial charge in [0, 0.05) is 37.6 Å². The fraction of sp³-hybridized carbons (Fsp3) is 0.455. The van der Waals surface area contributed by atoms with E-state index in [4.69, 9.17) is 5.73 Å². The number of alkyl halides is 3. The lowest BCUT2D eigenvalue weighted by Crippen LogP contribution is -2.33. The van der Waals surface area contributed by atoms with Crippen LogP contribution in [0.5, 0.6) is 0 Å². The second-order valence-electron chi connectivity index (χ2n) is 7.92. The number of hydrogen-bond donors (Lipinski definition) is 2. The molecule has 2 aliphatic rings. The van der Waals surface area contributed by atoms with Gasteiger partial charge in [0.1, 0.15) is 0 Å². The van der Waals surface area contributed by atoms with Gasteiger partial charge in [0.15, 0.2) is 0 Å². The second kappa shape index (κ2) is 7.85. The molecule has 1 aliphatic carbocycles. The summed E-state index contributed by atoms with van der Waals surface area (Å²) < 4.78 is 39.3. The second-order valence-corrected chi connectivity index (χ2v) is 7.92. The number of nitrogens with two attached hydrogens (primary N) is 1. The fourth-order valence-corrected chi connectivity index (χ4v) is 4.18. The van der Waals surface area contributed by atoms with Crippen LogP contribution < -0.4 is 11.1 Å². The largest absolute Gasteiger partial charge is 0.416 e.